The molecule has 3 heteroatoms. The van der Waals surface area contributed by atoms with Gasteiger partial charge in [-0.1, -0.05) is 56.1 Å². The smallest absolute Gasteiger partial charge is 0.0177 e. The van der Waals surface area contributed by atoms with Crippen molar-refractivity contribution in [1.82, 2.24) is 5.32 Å². The Hall–Kier alpha value is -0.640. The Morgan fingerprint density at radius 2 is 1.60 bits per heavy atom. The van der Waals surface area contributed by atoms with E-state index >= 15 is 0 Å². The molecule has 0 spiro atoms. The van der Waals surface area contributed by atoms with Crippen molar-refractivity contribution in [2.24, 2.45) is 5.92 Å². The van der Waals surface area contributed by atoms with Crippen LogP contribution in [-0.2, 0) is 12.8 Å². The Morgan fingerprint density at radius 1 is 0.900 bits per heavy atom. The van der Waals surface area contributed by atoms with Crippen LogP contribution in [0.25, 0.3) is 0 Å². The zero-order chi connectivity index (χ0) is 14.4. The Kier molecular flexibility index (Phi) is 6.27. The van der Waals surface area contributed by atoms with Crippen LogP contribution in [0.1, 0.15) is 11.1 Å². The van der Waals surface area contributed by atoms with Crippen LogP contribution in [0.15, 0.2) is 57.5 Å². The fraction of sp³-hybridized carbons (Fsp3) is 0.294. The predicted molar refractivity (Wildman–Crippen MR) is 93.1 cm³/mol. The van der Waals surface area contributed by atoms with E-state index in [4.69, 9.17) is 0 Å². The summed E-state index contributed by atoms with van der Waals surface area (Å²) >= 11 is 7.03. The van der Waals surface area contributed by atoms with E-state index in [0.29, 0.717) is 5.92 Å². The van der Waals surface area contributed by atoms with Crippen LogP contribution in [0, 0.1) is 5.92 Å². The normalized spacial score (nSPS) is 12.3. The third-order valence-electron chi connectivity index (χ3n) is 3.34. The van der Waals surface area contributed by atoms with Gasteiger partial charge in [0.2, 0.25) is 0 Å². The first kappa shape index (κ1) is 15.7. The summed E-state index contributed by atoms with van der Waals surface area (Å²) in [4.78, 5) is 0. The number of nitrogens with one attached hydrogen (secondary N) is 1. The van der Waals surface area contributed by atoms with Crippen molar-refractivity contribution in [3.05, 3.63) is 68.6 Å². The van der Waals surface area contributed by atoms with Gasteiger partial charge in [0.15, 0.2) is 0 Å². The second kappa shape index (κ2) is 7.96. The molecule has 2 aromatic rings. The first-order valence-corrected chi connectivity index (χ1v) is 8.39. The number of hydrogen-bond acceptors (Lipinski definition) is 1. The van der Waals surface area contributed by atoms with Crippen molar-refractivity contribution >= 4 is 31.9 Å². The SMILES string of the molecule is CNCC(Cc1ccc(Br)cc1)Cc1cccc(Br)c1. The number of hydrogen-bond donors (Lipinski definition) is 1. The molecule has 2 aromatic carbocycles. The standard InChI is InChI=1S/C17H19Br2N/c1-20-12-15(9-13-5-7-16(18)8-6-13)10-14-3-2-4-17(19)11-14/h2-8,11,15,20H,9-10,12H2,1H3. The summed E-state index contributed by atoms with van der Waals surface area (Å²) in [7, 11) is 2.02. The van der Waals surface area contributed by atoms with E-state index in [9.17, 15) is 0 Å². The molecule has 1 N–H and O–H groups in total. The van der Waals surface area contributed by atoms with E-state index < -0.39 is 0 Å². The second-order valence-corrected chi connectivity index (χ2v) is 6.92. The molecule has 0 saturated heterocycles. The third kappa shape index (κ3) is 5.04. The molecule has 0 heterocycles. The average molecular weight is 397 g/mol. The van der Waals surface area contributed by atoms with Crippen molar-refractivity contribution in [3.63, 3.8) is 0 Å². The summed E-state index contributed by atoms with van der Waals surface area (Å²) in [5.41, 5.74) is 2.78. The molecular weight excluding hydrogens is 378 g/mol. The lowest BCUT2D eigenvalue weighted by molar-refractivity contribution is 0.493. The van der Waals surface area contributed by atoms with Crippen molar-refractivity contribution in [2.45, 2.75) is 12.8 Å². The molecule has 1 nitrogen and oxygen atoms in total. The maximum absolute atomic E-state index is 3.55. The average Bonchev–Trinajstić information content (AvgIpc) is 2.42. The summed E-state index contributed by atoms with van der Waals surface area (Å²) in [5.74, 6) is 0.607. The van der Waals surface area contributed by atoms with E-state index in [1.165, 1.54) is 11.1 Å². The maximum atomic E-state index is 3.55. The highest BCUT2D eigenvalue weighted by atomic mass is 79.9. The molecular formula is C17H19Br2N. The lowest BCUT2D eigenvalue weighted by Gasteiger charge is -2.17. The van der Waals surface area contributed by atoms with Crippen molar-refractivity contribution in [3.8, 4) is 0 Å². The molecule has 106 valence electrons. The lowest BCUT2D eigenvalue weighted by atomic mass is 9.92. The second-order valence-electron chi connectivity index (χ2n) is 5.09. The van der Waals surface area contributed by atoms with Gasteiger partial charge >= 0.3 is 0 Å². The van der Waals surface area contributed by atoms with Crippen LogP contribution in [0.2, 0.25) is 0 Å². The zero-order valence-corrected chi connectivity index (χ0v) is 14.7. The molecule has 0 bridgehead atoms. The van der Waals surface area contributed by atoms with Crippen LogP contribution in [0.5, 0.6) is 0 Å². The highest BCUT2D eigenvalue weighted by molar-refractivity contribution is 9.10. The van der Waals surface area contributed by atoms with E-state index in [0.717, 1.165) is 28.3 Å². The molecule has 0 saturated carbocycles. The van der Waals surface area contributed by atoms with Crippen LogP contribution in [-0.4, -0.2) is 13.6 Å². The van der Waals surface area contributed by atoms with Crippen LogP contribution >= 0.6 is 31.9 Å². The molecule has 0 amide bonds. The van der Waals surface area contributed by atoms with Crippen molar-refractivity contribution in [1.29, 1.82) is 0 Å². The molecule has 0 fully saturated rings. The zero-order valence-electron chi connectivity index (χ0n) is 11.6. The highest BCUT2D eigenvalue weighted by Gasteiger charge is 2.10. The summed E-state index contributed by atoms with van der Waals surface area (Å²) in [6.07, 6.45) is 2.19. The Bertz CT molecular complexity index is 537. The Balaban J connectivity index is 2.05. The number of benzene rings is 2. The largest absolute Gasteiger partial charge is 0.319 e. The minimum atomic E-state index is 0.607. The van der Waals surface area contributed by atoms with Gasteiger partial charge in [0, 0.05) is 8.95 Å². The molecule has 2 rings (SSSR count). The molecule has 1 atom stereocenters. The molecule has 0 aliphatic carbocycles. The number of halogens is 2. The first-order valence-electron chi connectivity index (χ1n) is 6.81. The summed E-state index contributed by atoms with van der Waals surface area (Å²) in [6.45, 7) is 1.03. The molecule has 1 unspecified atom stereocenters. The minimum Gasteiger partial charge on any atom is -0.319 e. The quantitative estimate of drug-likeness (QED) is 0.737. The Labute approximate surface area is 138 Å². The van der Waals surface area contributed by atoms with Gasteiger partial charge in [-0.05, 0) is 67.7 Å². The lowest BCUT2D eigenvalue weighted by Crippen LogP contribution is -2.22. The minimum absolute atomic E-state index is 0.607. The first-order chi connectivity index (χ1) is 9.67. The number of rotatable bonds is 6. The van der Waals surface area contributed by atoms with Gasteiger partial charge in [0.1, 0.15) is 0 Å². The predicted octanol–water partition coefficient (Wildman–Crippen LogP) is 4.83. The van der Waals surface area contributed by atoms with E-state index in [1.807, 2.05) is 7.05 Å². The van der Waals surface area contributed by atoms with Crippen molar-refractivity contribution < 1.29 is 0 Å². The van der Waals surface area contributed by atoms with E-state index in [1.54, 1.807) is 0 Å². The Morgan fingerprint density at radius 3 is 2.25 bits per heavy atom. The van der Waals surface area contributed by atoms with Crippen LogP contribution in [0.3, 0.4) is 0 Å². The van der Waals surface area contributed by atoms with Gasteiger partial charge < -0.3 is 5.32 Å². The highest BCUT2D eigenvalue weighted by Crippen LogP contribution is 2.19. The van der Waals surface area contributed by atoms with Crippen molar-refractivity contribution in [2.75, 3.05) is 13.6 Å². The van der Waals surface area contributed by atoms with E-state index in [2.05, 4.69) is 85.7 Å². The van der Waals surface area contributed by atoms with Crippen LogP contribution in [0.4, 0.5) is 0 Å². The van der Waals surface area contributed by atoms with Gasteiger partial charge in [-0.15, -0.1) is 0 Å². The fourth-order valence-corrected chi connectivity index (χ4v) is 3.17. The van der Waals surface area contributed by atoms with Gasteiger partial charge in [0.25, 0.3) is 0 Å². The molecule has 0 radical (unpaired) electrons. The third-order valence-corrected chi connectivity index (χ3v) is 4.37. The maximum Gasteiger partial charge on any atom is 0.0177 e. The monoisotopic (exact) mass is 395 g/mol. The molecule has 0 aliphatic heterocycles. The summed E-state index contributed by atoms with van der Waals surface area (Å²) in [5, 5.41) is 3.31. The van der Waals surface area contributed by atoms with E-state index in [-0.39, 0.29) is 0 Å². The van der Waals surface area contributed by atoms with Gasteiger partial charge in [-0.3, -0.25) is 0 Å². The topological polar surface area (TPSA) is 12.0 Å². The van der Waals surface area contributed by atoms with Gasteiger partial charge in [-0.25, -0.2) is 0 Å². The van der Waals surface area contributed by atoms with Gasteiger partial charge in [-0.2, -0.15) is 0 Å². The molecule has 0 aliphatic rings. The molecule has 20 heavy (non-hydrogen) atoms. The van der Waals surface area contributed by atoms with Crippen LogP contribution < -0.4 is 5.32 Å². The summed E-state index contributed by atoms with van der Waals surface area (Å²) in [6, 6.07) is 17.2. The summed E-state index contributed by atoms with van der Waals surface area (Å²) < 4.78 is 2.29. The van der Waals surface area contributed by atoms with Gasteiger partial charge in [0.05, 0.1) is 0 Å². The fourth-order valence-electron chi connectivity index (χ4n) is 2.46. The molecule has 0 aromatic heterocycles.